The molecule has 1 aromatic heterocycles. The van der Waals surface area contributed by atoms with Crippen LogP contribution in [0.2, 0.25) is 0 Å². The van der Waals surface area contributed by atoms with Crippen LogP contribution in [0.4, 0.5) is 0 Å². The second kappa shape index (κ2) is 3.31. The molecule has 0 aromatic carbocycles. The Hall–Kier alpha value is 0.0300. The minimum absolute atomic E-state index is 0.118. The summed E-state index contributed by atoms with van der Waals surface area (Å²) >= 11 is 4.76. The standard InChI is InChI=1S/C8H11BrN2OS/c9-6-4-13-7(11-6)8(12)2-1-5(10)3-8/h4-5,12H,1-3,10H2. The van der Waals surface area contributed by atoms with E-state index in [4.69, 9.17) is 5.73 Å². The zero-order valence-electron chi connectivity index (χ0n) is 7.03. The highest BCUT2D eigenvalue weighted by atomic mass is 79.9. The van der Waals surface area contributed by atoms with Gasteiger partial charge in [0.15, 0.2) is 0 Å². The second-order valence-electron chi connectivity index (χ2n) is 3.51. The van der Waals surface area contributed by atoms with Gasteiger partial charge in [0, 0.05) is 11.4 Å². The van der Waals surface area contributed by atoms with E-state index in [2.05, 4.69) is 20.9 Å². The normalized spacial score (nSPS) is 33.9. The molecule has 0 aliphatic heterocycles. The molecule has 1 heterocycles. The zero-order valence-corrected chi connectivity index (χ0v) is 9.44. The number of nitrogens with zero attached hydrogens (tertiary/aromatic N) is 1. The van der Waals surface area contributed by atoms with Crippen molar-refractivity contribution < 1.29 is 5.11 Å². The lowest BCUT2D eigenvalue weighted by atomic mass is 10.0. The van der Waals surface area contributed by atoms with Gasteiger partial charge in [0.25, 0.3) is 0 Å². The molecule has 0 amide bonds. The monoisotopic (exact) mass is 262 g/mol. The number of halogens is 1. The molecule has 0 bridgehead atoms. The third-order valence-corrected chi connectivity index (χ3v) is 4.15. The SMILES string of the molecule is NC1CCC(O)(c2nc(Br)cs2)C1. The van der Waals surface area contributed by atoms with Crippen LogP contribution in [-0.2, 0) is 5.60 Å². The largest absolute Gasteiger partial charge is 0.383 e. The van der Waals surface area contributed by atoms with Gasteiger partial charge in [-0.1, -0.05) is 0 Å². The number of hydrogen-bond donors (Lipinski definition) is 2. The van der Waals surface area contributed by atoms with E-state index in [9.17, 15) is 5.11 Å². The van der Waals surface area contributed by atoms with Gasteiger partial charge in [-0.05, 0) is 35.2 Å². The van der Waals surface area contributed by atoms with Gasteiger partial charge in [-0.3, -0.25) is 0 Å². The maximum atomic E-state index is 10.2. The highest BCUT2D eigenvalue weighted by Crippen LogP contribution is 2.39. The van der Waals surface area contributed by atoms with E-state index in [1.54, 1.807) is 0 Å². The molecule has 0 saturated heterocycles. The molecule has 1 fully saturated rings. The molecular weight excluding hydrogens is 252 g/mol. The molecule has 3 N–H and O–H groups in total. The lowest BCUT2D eigenvalue weighted by molar-refractivity contribution is 0.0427. The van der Waals surface area contributed by atoms with Crippen molar-refractivity contribution in [3.05, 3.63) is 15.0 Å². The average molecular weight is 263 g/mol. The molecule has 2 atom stereocenters. The van der Waals surface area contributed by atoms with E-state index in [1.807, 2.05) is 5.38 Å². The van der Waals surface area contributed by atoms with Crippen LogP contribution in [0.1, 0.15) is 24.3 Å². The first-order valence-corrected chi connectivity index (χ1v) is 5.87. The van der Waals surface area contributed by atoms with Gasteiger partial charge in [-0.15, -0.1) is 11.3 Å². The minimum atomic E-state index is -0.768. The summed E-state index contributed by atoms with van der Waals surface area (Å²) in [6, 6.07) is 0.118. The Morgan fingerprint density at radius 2 is 2.54 bits per heavy atom. The van der Waals surface area contributed by atoms with Gasteiger partial charge in [-0.25, -0.2) is 4.98 Å². The van der Waals surface area contributed by atoms with E-state index < -0.39 is 5.60 Å². The Bertz CT molecular complexity index is 317. The van der Waals surface area contributed by atoms with E-state index in [0.717, 1.165) is 22.5 Å². The summed E-state index contributed by atoms with van der Waals surface area (Å²) in [5, 5.41) is 12.9. The second-order valence-corrected chi connectivity index (χ2v) is 5.18. The van der Waals surface area contributed by atoms with Crippen molar-refractivity contribution in [3.8, 4) is 0 Å². The molecule has 0 spiro atoms. The molecule has 1 aliphatic carbocycles. The molecule has 1 saturated carbocycles. The third-order valence-electron chi connectivity index (χ3n) is 2.40. The van der Waals surface area contributed by atoms with E-state index >= 15 is 0 Å². The third kappa shape index (κ3) is 1.79. The number of nitrogens with two attached hydrogens (primary N) is 1. The van der Waals surface area contributed by atoms with Crippen LogP contribution in [0.5, 0.6) is 0 Å². The lowest BCUT2D eigenvalue weighted by Gasteiger charge is -2.18. The first kappa shape index (κ1) is 9.58. The molecule has 2 rings (SSSR count). The molecule has 1 aromatic rings. The van der Waals surface area contributed by atoms with Gasteiger partial charge in [0.1, 0.15) is 15.2 Å². The summed E-state index contributed by atoms with van der Waals surface area (Å²) < 4.78 is 0.793. The minimum Gasteiger partial charge on any atom is -0.383 e. The molecular formula is C8H11BrN2OS. The van der Waals surface area contributed by atoms with Crippen LogP contribution in [0.25, 0.3) is 0 Å². The molecule has 3 nitrogen and oxygen atoms in total. The van der Waals surface area contributed by atoms with Crippen LogP contribution in [0.15, 0.2) is 9.98 Å². The van der Waals surface area contributed by atoms with Crippen molar-refractivity contribution in [2.24, 2.45) is 5.73 Å². The van der Waals surface area contributed by atoms with Gasteiger partial charge in [-0.2, -0.15) is 0 Å². The Kier molecular flexibility index (Phi) is 2.44. The predicted molar refractivity (Wildman–Crippen MR) is 55.5 cm³/mol. The quantitative estimate of drug-likeness (QED) is 0.809. The van der Waals surface area contributed by atoms with Crippen LogP contribution in [-0.4, -0.2) is 16.1 Å². The first-order chi connectivity index (χ1) is 6.10. The van der Waals surface area contributed by atoms with Crippen LogP contribution in [0, 0.1) is 0 Å². The number of aliphatic hydroxyl groups is 1. The van der Waals surface area contributed by atoms with Crippen molar-refractivity contribution >= 4 is 27.3 Å². The maximum absolute atomic E-state index is 10.2. The summed E-state index contributed by atoms with van der Waals surface area (Å²) in [7, 11) is 0. The molecule has 72 valence electrons. The van der Waals surface area contributed by atoms with Crippen LogP contribution >= 0.6 is 27.3 Å². The first-order valence-electron chi connectivity index (χ1n) is 4.20. The molecule has 0 radical (unpaired) electrons. The Morgan fingerprint density at radius 1 is 1.77 bits per heavy atom. The molecule has 5 heteroatoms. The van der Waals surface area contributed by atoms with Gasteiger partial charge >= 0.3 is 0 Å². The van der Waals surface area contributed by atoms with Gasteiger partial charge < -0.3 is 10.8 Å². The van der Waals surface area contributed by atoms with Gasteiger partial charge in [0.2, 0.25) is 0 Å². The van der Waals surface area contributed by atoms with E-state index in [0.29, 0.717) is 6.42 Å². The highest BCUT2D eigenvalue weighted by molar-refractivity contribution is 9.10. The van der Waals surface area contributed by atoms with Crippen molar-refractivity contribution in [1.29, 1.82) is 0 Å². The lowest BCUT2D eigenvalue weighted by Crippen LogP contribution is -2.25. The topological polar surface area (TPSA) is 59.1 Å². The van der Waals surface area contributed by atoms with Gasteiger partial charge in [0.05, 0.1) is 0 Å². The molecule has 2 unspecified atom stereocenters. The van der Waals surface area contributed by atoms with Crippen molar-refractivity contribution in [3.63, 3.8) is 0 Å². The number of aromatic nitrogens is 1. The Balaban J connectivity index is 2.25. The number of rotatable bonds is 1. The summed E-state index contributed by atoms with van der Waals surface area (Å²) in [6.45, 7) is 0. The smallest absolute Gasteiger partial charge is 0.126 e. The van der Waals surface area contributed by atoms with Crippen LogP contribution in [0.3, 0.4) is 0 Å². The number of thiazole rings is 1. The maximum Gasteiger partial charge on any atom is 0.126 e. The van der Waals surface area contributed by atoms with E-state index in [1.165, 1.54) is 11.3 Å². The fourth-order valence-corrected chi connectivity index (χ4v) is 3.12. The summed E-state index contributed by atoms with van der Waals surface area (Å²) in [5.41, 5.74) is 4.99. The summed E-state index contributed by atoms with van der Waals surface area (Å²) in [4.78, 5) is 4.23. The number of hydrogen-bond acceptors (Lipinski definition) is 4. The summed E-state index contributed by atoms with van der Waals surface area (Å²) in [5.74, 6) is 0. The Labute approximate surface area is 89.1 Å². The van der Waals surface area contributed by atoms with Crippen LogP contribution < -0.4 is 5.73 Å². The van der Waals surface area contributed by atoms with Crippen molar-refractivity contribution in [2.45, 2.75) is 30.9 Å². The Morgan fingerprint density at radius 3 is 3.00 bits per heavy atom. The summed E-state index contributed by atoms with van der Waals surface area (Å²) in [6.07, 6.45) is 2.24. The van der Waals surface area contributed by atoms with E-state index in [-0.39, 0.29) is 6.04 Å². The average Bonchev–Trinajstić information content (AvgIpc) is 2.60. The predicted octanol–water partition coefficient (Wildman–Crippen LogP) is 1.60. The highest BCUT2D eigenvalue weighted by Gasteiger charge is 2.39. The molecule has 13 heavy (non-hydrogen) atoms. The zero-order chi connectivity index (χ0) is 9.47. The fourth-order valence-electron chi connectivity index (χ4n) is 1.72. The molecule has 1 aliphatic rings. The fraction of sp³-hybridized carbons (Fsp3) is 0.625. The van der Waals surface area contributed by atoms with Crippen molar-refractivity contribution in [2.75, 3.05) is 0 Å². The van der Waals surface area contributed by atoms with Crippen molar-refractivity contribution in [1.82, 2.24) is 4.98 Å².